The summed E-state index contributed by atoms with van der Waals surface area (Å²) in [6.45, 7) is 5.84. The number of hydrogen-bond acceptors (Lipinski definition) is 5. The first kappa shape index (κ1) is 16.0. The molecule has 1 aromatic rings. The molecule has 1 aromatic heterocycles. The summed E-state index contributed by atoms with van der Waals surface area (Å²) in [6, 6.07) is 2.13. The van der Waals surface area contributed by atoms with Crippen molar-refractivity contribution in [2.24, 2.45) is 11.7 Å². The van der Waals surface area contributed by atoms with Gasteiger partial charge in [-0.1, -0.05) is 24.9 Å². The summed E-state index contributed by atoms with van der Waals surface area (Å²) in [5.74, 6) is 0.848. The van der Waals surface area contributed by atoms with Gasteiger partial charge in [-0.3, -0.25) is 15.0 Å². The van der Waals surface area contributed by atoms with Gasteiger partial charge in [-0.05, 0) is 38.8 Å². The number of nitrogens with zero attached hydrogens (tertiary/aromatic N) is 2. The van der Waals surface area contributed by atoms with Gasteiger partial charge in [0.25, 0.3) is 0 Å². The minimum Gasteiger partial charge on any atom is -0.338 e. The summed E-state index contributed by atoms with van der Waals surface area (Å²) >= 11 is 0. The van der Waals surface area contributed by atoms with E-state index in [0.29, 0.717) is 30.9 Å². The number of hydrogen-bond donors (Lipinski definition) is 2. The molecule has 0 radical (unpaired) electrons. The third-order valence-electron chi connectivity index (χ3n) is 4.28. The van der Waals surface area contributed by atoms with E-state index in [2.05, 4.69) is 22.3 Å². The van der Waals surface area contributed by atoms with Crippen LogP contribution in [0.2, 0.25) is 0 Å². The summed E-state index contributed by atoms with van der Waals surface area (Å²) in [4.78, 5) is 14.4. The van der Waals surface area contributed by atoms with Crippen LogP contribution in [-0.4, -0.2) is 41.6 Å². The van der Waals surface area contributed by atoms with E-state index in [1.54, 1.807) is 6.07 Å². The number of rotatable bonds is 6. The fraction of sp³-hybridized carbons (Fsp3) is 0.733. The number of amides is 1. The summed E-state index contributed by atoms with van der Waals surface area (Å²) in [5.41, 5.74) is 6.65. The topological polar surface area (TPSA) is 84.4 Å². The third kappa shape index (κ3) is 4.28. The highest BCUT2D eigenvalue weighted by atomic mass is 16.5. The lowest BCUT2D eigenvalue weighted by Gasteiger charge is -2.38. The van der Waals surface area contributed by atoms with E-state index >= 15 is 0 Å². The Kier molecular flexibility index (Phi) is 5.76. The predicted octanol–water partition coefficient (Wildman–Crippen LogP) is 1.76. The molecule has 1 amide bonds. The minimum atomic E-state index is -0.0608. The van der Waals surface area contributed by atoms with Crippen LogP contribution in [-0.2, 0) is 4.79 Å². The van der Waals surface area contributed by atoms with E-state index in [9.17, 15) is 4.79 Å². The first-order chi connectivity index (χ1) is 10.1. The van der Waals surface area contributed by atoms with Gasteiger partial charge in [-0.15, -0.1) is 0 Å². The molecule has 1 heterocycles. The largest absolute Gasteiger partial charge is 0.338 e. The van der Waals surface area contributed by atoms with Gasteiger partial charge in [0.1, 0.15) is 0 Å². The fourth-order valence-corrected chi connectivity index (χ4v) is 3.19. The Balaban J connectivity index is 1.92. The van der Waals surface area contributed by atoms with E-state index < -0.39 is 0 Å². The summed E-state index contributed by atoms with van der Waals surface area (Å²) < 4.78 is 5.02. The molecule has 0 bridgehead atoms. The van der Waals surface area contributed by atoms with Crippen molar-refractivity contribution in [2.45, 2.75) is 45.6 Å². The van der Waals surface area contributed by atoms with Gasteiger partial charge < -0.3 is 10.3 Å². The lowest BCUT2D eigenvalue weighted by atomic mass is 9.83. The van der Waals surface area contributed by atoms with Crippen LogP contribution in [0.1, 0.15) is 38.3 Å². The van der Waals surface area contributed by atoms with Gasteiger partial charge >= 0.3 is 0 Å². The van der Waals surface area contributed by atoms with Gasteiger partial charge in [-0.2, -0.15) is 0 Å². The molecule has 118 valence electrons. The van der Waals surface area contributed by atoms with Crippen molar-refractivity contribution in [1.82, 2.24) is 10.1 Å². The highest BCUT2D eigenvalue weighted by molar-refractivity contribution is 5.90. The Morgan fingerprint density at radius 2 is 2.29 bits per heavy atom. The maximum Gasteiger partial charge on any atom is 0.240 e. The predicted molar refractivity (Wildman–Crippen MR) is 81.9 cm³/mol. The monoisotopic (exact) mass is 294 g/mol. The van der Waals surface area contributed by atoms with E-state index in [1.165, 1.54) is 19.3 Å². The smallest absolute Gasteiger partial charge is 0.240 e. The average Bonchev–Trinajstić information content (AvgIpc) is 2.89. The average molecular weight is 294 g/mol. The first-order valence-corrected chi connectivity index (χ1v) is 7.81. The zero-order valence-electron chi connectivity index (χ0n) is 13.0. The molecule has 1 aliphatic rings. The Hall–Kier alpha value is -1.40. The molecule has 6 heteroatoms. The number of carbonyl (C=O) groups excluding carboxylic acids is 1. The molecule has 21 heavy (non-hydrogen) atoms. The Morgan fingerprint density at radius 1 is 1.52 bits per heavy atom. The highest BCUT2D eigenvalue weighted by Gasteiger charge is 2.29. The van der Waals surface area contributed by atoms with Crippen LogP contribution in [0, 0.1) is 12.8 Å². The lowest BCUT2D eigenvalue weighted by molar-refractivity contribution is -0.118. The molecular formula is C15H26N4O2. The van der Waals surface area contributed by atoms with Crippen molar-refractivity contribution in [3.8, 4) is 0 Å². The van der Waals surface area contributed by atoms with Crippen LogP contribution in [0.25, 0.3) is 0 Å². The number of anilines is 1. The Morgan fingerprint density at radius 3 is 2.90 bits per heavy atom. The van der Waals surface area contributed by atoms with Crippen molar-refractivity contribution in [2.75, 3.05) is 25.0 Å². The van der Waals surface area contributed by atoms with Crippen LogP contribution in [0.4, 0.5) is 5.88 Å². The van der Waals surface area contributed by atoms with Gasteiger partial charge in [0.05, 0.1) is 12.2 Å². The van der Waals surface area contributed by atoms with Crippen LogP contribution in [0.15, 0.2) is 10.6 Å². The van der Waals surface area contributed by atoms with Crippen LogP contribution in [0.5, 0.6) is 0 Å². The molecule has 2 unspecified atom stereocenters. The molecule has 2 rings (SSSR count). The van der Waals surface area contributed by atoms with E-state index in [0.717, 1.165) is 18.7 Å². The molecule has 0 saturated heterocycles. The number of aromatic nitrogens is 1. The van der Waals surface area contributed by atoms with E-state index in [1.807, 2.05) is 6.92 Å². The fourth-order valence-electron chi connectivity index (χ4n) is 3.19. The second-order valence-electron chi connectivity index (χ2n) is 5.79. The summed E-state index contributed by atoms with van der Waals surface area (Å²) in [5, 5.41) is 6.52. The van der Waals surface area contributed by atoms with Gasteiger partial charge in [0, 0.05) is 12.1 Å². The Labute approximate surface area is 126 Å². The second kappa shape index (κ2) is 7.56. The Bertz CT molecular complexity index is 460. The van der Waals surface area contributed by atoms with Gasteiger partial charge in [0.2, 0.25) is 11.8 Å². The second-order valence-corrected chi connectivity index (χ2v) is 5.79. The minimum absolute atomic E-state index is 0.0608. The van der Waals surface area contributed by atoms with Crippen molar-refractivity contribution < 1.29 is 9.32 Å². The molecule has 1 saturated carbocycles. The maximum absolute atomic E-state index is 12.2. The van der Waals surface area contributed by atoms with E-state index in [-0.39, 0.29) is 5.91 Å². The van der Waals surface area contributed by atoms with Crippen molar-refractivity contribution in [3.63, 3.8) is 0 Å². The zero-order chi connectivity index (χ0) is 15.2. The highest BCUT2D eigenvalue weighted by Crippen LogP contribution is 2.27. The maximum atomic E-state index is 12.2. The number of likely N-dealkylation sites (N-methyl/N-ethyl adjacent to an activating group) is 1. The zero-order valence-corrected chi connectivity index (χ0v) is 13.0. The number of carbonyl (C=O) groups is 1. The van der Waals surface area contributed by atoms with Gasteiger partial charge in [0.15, 0.2) is 0 Å². The van der Waals surface area contributed by atoms with E-state index in [4.69, 9.17) is 10.3 Å². The standard InChI is InChI=1S/C15H26N4O2/c1-3-19(13-7-5-4-6-12(13)9-16)10-14(20)17-15-8-11(2)18-21-15/h8,12-13H,3-7,9-10,16H2,1-2H3,(H,17,20). The molecule has 0 aromatic carbocycles. The normalized spacial score (nSPS) is 22.5. The number of nitrogens with one attached hydrogen (secondary N) is 1. The molecule has 1 aliphatic carbocycles. The van der Waals surface area contributed by atoms with Crippen molar-refractivity contribution in [1.29, 1.82) is 0 Å². The molecule has 3 N–H and O–H groups in total. The molecule has 0 spiro atoms. The number of nitrogens with two attached hydrogens (primary N) is 1. The van der Waals surface area contributed by atoms with Crippen molar-refractivity contribution in [3.05, 3.63) is 11.8 Å². The summed E-state index contributed by atoms with van der Waals surface area (Å²) in [6.07, 6.45) is 4.77. The van der Waals surface area contributed by atoms with Gasteiger partial charge in [-0.25, -0.2) is 0 Å². The summed E-state index contributed by atoms with van der Waals surface area (Å²) in [7, 11) is 0. The SMILES string of the molecule is CCN(CC(=O)Nc1cc(C)no1)C1CCCCC1CN. The van der Waals surface area contributed by atoms with Crippen LogP contribution < -0.4 is 11.1 Å². The van der Waals surface area contributed by atoms with Crippen molar-refractivity contribution >= 4 is 11.8 Å². The first-order valence-electron chi connectivity index (χ1n) is 7.81. The lowest BCUT2D eigenvalue weighted by Crippen LogP contribution is -2.47. The molecule has 2 atom stereocenters. The van der Waals surface area contributed by atoms with Crippen LogP contribution >= 0.6 is 0 Å². The quantitative estimate of drug-likeness (QED) is 0.835. The molecular weight excluding hydrogens is 268 g/mol. The molecule has 6 nitrogen and oxygen atoms in total. The van der Waals surface area contributed by atoms with Crippen LogP contribution in [0.3, 0.4) is 0 Å². The molecule has 1 fully saturated rings. The number of aryl methyl sites for hydroxylation is 1. The third-order valence-corrected chi connectivity index (χ3v) is 4.28. The molecule has 0 aliphatic heterocycles.